The molecule has 0 saturated heterocycles. The van der Waals surface area contributed by atoms with Crippen molar-refractivity contribution in [3.8, 4) is 5.75 Å². The standard InChI is InChI=1S/C12H13F4NO.ClH/c13-5-12(6-14)4-9(17)8-2-1-7(11(15)16)3-10(8)18-12;/h1-3,9,11H,4-6,17H2;1H/t9-;/m1./s1. The van der Waals surface area contributed by atoms with Crippen LogP contribution in [0.25, 0.3) is 0 Å². The molecule has 0 radical (unpaired) electrons. The highest BCUT2D eigenvalue weighted by Crippen LogP contribution is 2.40. The number of nitrogens with two attached hydrogens (primary N) is 1. The summed E-state index contributed by atoms with van der Waals surface area (Å²) in [6.07, 6.45) is -2.68. The predicted molar refractivity (Wildman–Crippen MR) is 65.5 cm³/mol. The lowest BCUT2D eigenvalue weighted by Crippen LogP contribution is -2.46. The minimum atomic E-state index is -2.66. The molecule has 0 aliphatic carbocycles. The monoisotopic (exact) mass is 299 g/mol. The number of hydrogen-bond donors (Lipinski definition) is 1. The fraction of sp³-hybridized carbons (Fsp3) is 0.500. The van der Waals surface area contributed by atoms with Gasteiger partial charge in [-0.25, -0.2) is 17.6 Å². The third-order valence-electron chi connectivity index (χ3n) is 3.09. The molecule has 0 unspecified atom stereocenters. The molecular weight excluding hydrogens is 286 g/mol. The molecule has 2 nitrogen and oxygen atoms in total. The molecule has 1 heterocycles. The first-order valence-electron chi connectivity index (χ1n) is 5.50. The summed E-state index contributed by atoms with van der Waals surface area (Å²) < 4.78 is 56.1. The third-order valence-corrected chi connectivity index (χ3v) is 3.09. The maximum atomic E-state index is 12.9. The van der Waals surface area contributed by atoms with E-state index in [0.29, 0.717) is 5.56 Å². The van der Waals surface area contributed by atoms with E-state index < -0.39 is 31.4 Å². The number of alkyl halides is 4. The maximum absolute atomic E-state index is 12.9. The maximum Gasteiger partial charge on any atom is 0.263 e. The van der Waals surface area contributed by atoms with Crippen LogP contribution in [-0.2, 0) is 0 Å². The molecule has 108 valence electrons. The summed E-state index contributed by atoms with van der Waals surface area (Å²) >= 11 is 0. The number of rotatable bonds is 3. The van der Waals surface area contributed by atoms with Gasteiger partial charge in [-0.3, -0.25) is 0 Å². The van der Waals surface area contributed by atoms with E-state index in [0.717, 1.165) is 6.07 Å². The van der Waals surface area contributed by atoms with Gasteiger partial charge in [0.15, 0.2) is 5.60 Å². The van der Waals surface area contributed by atoms with Crippen molar-refractivity contribution in [1.82, 2.24) is 0 Å². The summed E-state index contributed by atoms with van der Waals surface area (Å²) in [4.78, 5) is 0. The lowest BCUT2D eigenvalue weighted by atomic mass is 9.89. The molecule has 19 heavy (non-hydrogen) atoms. The summed E-state index contributed by atoms with van der Waals surface area (Å²) in [6.45, 7) is -2.09. The van der Waals surface area contributed by atoms with Crippen LogP contribution in [-0.4, -0.2) is 19.0 Å². The zero-order valence-corrected chi connectivity index (χ0v) is 10.7. The summed E-state index contributed by atoms with van der Waals surface area (Å²) in [5.74, 6) is 0.0434. The van der Waals surface area contributed by atoms with E-state index in [-0.39, 0.29) is 30.1 Å². The zero-order valence-electron chi connectivity index (χ0n) is 9.91. The summed E-state index contributed by atoms with van der Waals surface area (Å²) in [5.41, 5.74) is 4.39. The van der Waals surface area contributed by atoms with E-state index in [1.807, 2.05) is 0 Å². The summed E-state index contributed by atoms with van der Waals surface area (Å²) in [5, 5.41) is 0. The Bertz CT molecular complexity index is 440. The van der Waals surface area contributed by atoms with E-state index in [1.54, 1.807) is 0 Å². The van der Waals surface area contributed by atoms with Gasteiger partial charge in [-0.2, -0.15) is 0 Å². The molecule has 0 amide bonds. The topological polar surface area (TPSA) is 35.2 Å². The number of ether oxygens (including phenoxy) is 1. The van der Waals surface area contributed by atoms with Crippen molar-refractivity contribution in [2.75, 3.05) is 13.3 Å². The van der Waals surface area contributed by atoms with Gasteiger partial charge in [-0.05, 0) is 6.07 Å². The molecule has 0 bridgehead atoms. The van der Waals surface area contributed by atoms with Crippen LogP contribution in [0.4, 0.5) is 17.6 Å². The van der Waals surface area contributed by atoms with Crippen LogP contribution in [0, 0.1) is 0 Å². The average molecular weight is 300 g/mol. The largest absolute Gasteiger partial charge is 0.481 e. The molecule has 1 atom stereocenters. The number of fused-ring (bicyclic) bond motifs is 1. The van der Waals surface area contributed by atoms with Crippen molar-refractivity contribution in [3.63, 3.8) is 0 Å². The number of halogens is 5. The van der Waals surface area contributed by atoms with Crippen molar-refractivity contribution >= 4 is 12.4 Å². The van der Waals surface area contributed by atoms with Crippen LogP contribution >= 0.6 is 12.4 Å². The fourth-order valence-corrected chi connectivity index (χ4v) is 2.07. The van der Waals surface area contributed by atoms with E-state index in [1.165, 1.54) is 12.1 Å². The highest BCUT2D eigenvalue weighted by Gasteiger charge is 2.40. The van der Waals surface area contributed by atoms with Gasteiger partial charge in [0, 0.05) is 23.6 Å². The second kappa shape index (κ2) is 5.96. The number of hydrogen-bond acceptors (Lipinski definition) is 2. The molecule has 2 N–H and O–H groups in total. The van der Waals surface area contributed by atoms with Crippen molar-refractivity contribution in [1.29, 1.82) is 0 Å². The van der Waals surface area contributed by atoms with Gasteiger partial charge < -0.3 is 10.5 Å². The third kappa shape index (κ3) is 2.95. The van der Waals surface area contributed by atoms with Gasteiger partial charge >= 0.3 is 0 Å². The first kappa shape index (κ1) is 16.0. The predicted octanol–water partition coefficient (Wildman–Crippen LogP) is 3.51. The lowest BCUT2D eigenvalue weighted by molar-refractivity contribution is -0.00812. The fourth-order valence-electron chi connectivity index (χ4n) is 2.07. The number of benzene rings is 1. The second-order valence-electron chi connectivity index (χ2n) is 4.46. The van der Waals surface area contributed by atoms with Gasteiger partial charge in [0.2, 0.25) is 0 Å². The smallest absolute Gasteiger partial charge is 0.263 e. The second-order valence-corrected chi connectivity index (χ2v) is 4.46. The molecule has 2 rings (SSSR count). The molecule has 1 aliphatic heterocycles. The molecule has 1 aromatic carbocycles. The van der Waals surface area contributed by atoms with Gasteiger partial charge in [0.05, 0.1) is 0 Å². The van der Waals surface area contributed by atoms with Crippen molar-refractivity contribution in [2.24, 2.45) is 5.73 Å². The van der Waals surface area contributed by atoms with Crippen molar-refractivity contribution in [3.05, 3.63) is 29.3 Å². The molecule has 0 fully saturated rings. The Morgan fingerprint density at radius 1 is 1.32 bits per heavy atom. The average Bonchev–Trinajstić information content (AvgIpc) is 2.37. The minimum absolute atomic E-state index is 0. The van der Waals surface area contributed by atoms with E-state index >= 15 is 0 Å². The molecule has 0 aromatic heterocycles. The van der Waals surface area contributed by atoms with E-state index in [9.17, 15) is 17.6 Å². The van der Waals surface area contributed by atoms with Gasteiger partial charge in [0.25, 0.3) is 6.43 Å². The minimum Gasteiger partial charge on any atom is -0.481 e. The van der Waals surface area contributed by atoms with Crippen LogP contribution in [0.15, 0.2) is 18.2 Å². The van der Waals surface area contributed by atoms with E-state index in [4.69, 9.17) is 10.5 Å². The highest BCUT2D eigenvalue weighted by atomic mass is 35.5. The van der Waals surface area contributed by atoms with Crippen LogP contribution in [0.3, 0.4) is 0 Å². The van der Waals surface area contributed by atoms with Crippen LogP contribution < -0.4 is 10.5 Å². The molecule has 0 saturated carbocycles. The Balaban J connectivity index is 0.00000180. The van der Waals surface area contributed by atoms with Gasteiger partial charge in [-0.1, -0.05) is 12.1 Å². The van der Waals surface area contributed by atoms with Crippen LogP contribution in [0.2, 0.25) is 0 Å². The van der Waals surface area contributed by atoms with Crippen LogP contribution in [0.5, 0.6) is 5.75 Å². The van der Waals surface area contributed by atoms with E-state index in [2.05, 4.69) is 0 Å². The molecule has 7 heteroatoms. The normalized spacial score (nSPS) is 20.4. The zero-order chi connectivity index (χ0) is 13.3. The Labute approximate surface area is 114 Å². The Morgan fingerprint density at radius 2 is 1.95 bits per heavy atom. The summed E-state index contributed by atoms with van der Waals surface area (Å²) in [7, 11) is 0. The molecule has 1 aliphatic rings. The van der Waals surface area contributed by atoms with Crippen molar-refractivity contribution < 1.29 is 22.3 Å². The first-order chi connectivity index (χ1) is 8.51. The quantitative estimate of drug-likeness (QED) is 0.867. The van der Waals surface area contributed by atoms with Gasteiger partial charge in [-0.15, -0.1) is 12.4 Å². The van der Waals surface area contributed by atoms with Gasteiger partial charge in [0.1, 0.15) is 19.1 Å². The molecule has 0 spiro atoms. The van der Waals surface area contributed by atoms with Crippen LogP contribution in [0.1, 0.15) is 30.0 Å². The summed E-state index contributed by atoms with van der Waals surface area (Å²) in [6, 6.07) is 3.14. The lowest BCUT2D eigenvalue weighted by Gasteiger charge is -2.37. The Morgan fingerprint density at radius 3 is 2.47 bits per heavy atom. The van der Waals surface area contributed by atoms with Crippen molar-refractivity contribution in [2.45, 2.75) is 24.5 Å². The first-order valence-corrected chi connectivity index (χ1v) is 5.50. The Hall–Kier alpha value is -1.01. The SMILES string of the molecule is Cl.N[C@@H]1CC(CF)(CF)Oc2cc(C(F)F)ccc21. The molecule has 1 aromatic rings. The highest BCUT2D eigenvalue weighted by molar-refractivity contribution is 5.85. The molecular formula is C12H14ClF4NO. The Kier molecular flexibility index (Phi) is 5.04.